The third-order valence-corrected chi connectivity index (χ3v) is 9.81. The van der Waals surface area contributed by atoms with E-state index in [0.29, 0.717) is 44.0 Å². The molecule has 0 radical (unpaired) electrons. The first kappa shape index (κ1) is 35.2. The maximum absolute atomic E-state index is 13.3. The molecular formula is C28H49N5O6S2. The topological polar surface area (TPSA) is 146 Å². The molecule has 3 unspecified atom stereocenters. The van der Waals surface area contributed by atoms with Crippen molar-refractivity contribution < 1.29 is 28.7 Å². The summed E-state index contributed by atoms with van der Waals surface area (Å²) in [5.41, 5.74) is -0.309. The largest absolute Gasteiger partial charge is 0.468 e. The van der Waals surface area contributed by atoms with Crippen molar-refractivity contribution in [3.8, 4) is 0 Å². The Morgan fingerprint density at radius 1 is 1.07 bits per heavy atom. The Bertz CT molecular complexity index is 894. The molecule has 1 saturated carbocycles. The van der Waals surface area contributed by atoms with Crippen LogP contribution in [0.5, 0.6) is 0 Å². The van der Waals surface area contributed by atoms with Crippen molar-refractivity contribution in [2.24, 2.45) is 0 Å². The number of nitrogens with zero attached hydrogens (tertiary/aromatic N) is 1. The zero-order valence-corrected chi connectivity index (χ0v) is 26.8. The first-order valence-corrected chi connectivity index (χ1v) is 16.6. The number of hydrogen-bond acceptors (Lipinski definition) is 9. The second-order valence-electron chi connectivity index (χ2n) is 11.8. The summed E-state index contributed by atoms with van der Waals surface area (Å²) in [4.78, 5) is 63.2. The quantitative estimate of drug-likeness (QED) is 0.0884. The lowest BCUT2D eigenvalue weighted by Gasteiger charge is -2.41. The van der Waals surface area contributed by atoms with Crippen LogP contribution in [0.2, 0.25) is 0 Å². The molecule has 2 fully saturated rings. The molecule has 4 amide bonds. The number of methoxy groups -OCH3 is 1. The van der Waals surface area contributed by atoms with E-state index < -0.39 is 18.1 Å². The van der Waals surface area contributed by atoms with Crippen LogP contribution < -0.4 is 21.3 Å². The van der Waals surface area contributed by atoms with E-state index in [1.54, 1.807) is 16.7 Å². The molecule has 0 bridgehead atoms. The molecule has 2 aliphatic rings. The summed E-state index contributed by atoms with van der Waals surface area (Å²) in [6.07, 6.45) is 7.51. The number of carbonyl (C=O) groups is 5. The Morgan fingerprint density at radius 2 is 1.78 bits per heavy atom. The lowest BCUT2D eigenvalue weighted by Crippen LogP contribution is -2.57. The predicted octanol–water partition coefficient (Wildman–Crippen LogP) is 1.79. The van der Waals surface area contributed by atoms with Gasteiger partial charge in [-0.3, -0.25) is 29.3 Å². The third kappa shape index (κ3) is 12.0. The SMILES string of the molecule is COC(=O)C(CSC(C)(C)C)NC1(CCNC(=O)C(CSCNC=O)NC(=O)C2CCCN2C(C)=O)CCCCC1. The second kappa shape index (κ2) is 17.2. The predicted molar refractivity (Wildman–Crippen MR) is 163 cm³/mol. The van der Waals surface area contributed by atoms with E-state index >= 15 is 0 Å². The monoisotopic (exact) mass is 615 g/mol. The molecule has 2 rings (SSSR count). The van der Waals surface area contributed by atoms with Gasteiger partial charge in [0, 0.05) is 41.8 Å². The lowest BCUT2D eigenvalue weighted by molar-refractivity contribution is -0.143. The molecule has 0 spiro atoms. The summed E-state index contributed by atoms with van der Waals surface area (Å²) < 4.78 is 5.12. The van der Waals surface area contributed by atoms with E-state index in [9.17, 15) is 24.0 Å². The molecule has 1 saturated heterocycles. The van der Waals surface area contributed by atoms with Crippen molar-refractivity contribution in [2.45, 2.75) is 107 Å². The number of thioether (sulfide) groups is 2. The zero-order chi connectivity index (χ0) is 30.5. The van der Waals surface area contributed by atoms with Crippen molar-refractivity contribution in [3.05, 3.63) is 0 Å². The van der Waals surface area contributed by atoms with E-state index in [4.69, 9.17) is 4.74 Å². The fourth-order valence-electron chi connectivity index (χ4n) is 5.39. The molecule has 41 heavy (non-hydrogen) atoms. The highest BCUT2D eigenvalue weighted by Crippen LogP contribution is 2.33. The van der Waals surface area contributed by atoms with E-state index in [1.165, 1.54) is 25.8 Å². The number of rotatable bonds is 16. The van der Waals surface area contributed by atoms with Gasteiger partial charge in [-0.25, -0.2) is 0 Å². The number of nitrogens with one attached hydrogen (secondary N) is 4. The zero-order valence-electron chi connectivity index (χ0n) is 25.2. The molecular weight excluding hydrogens is 566 g/mol. The lowest BCUT2D eigenvalue weighted by atomic mass is 9.78. The van der Waals surface area contributed by atoms with Gasteiger partial charge in [0.15, 0.2) is 0 Å². The standard InChI is InChI=1S/C28H49N5O6S2/c1-20(35)33-15-9-10-23(33)25(37)31-21(16-40-19-29-18-34)24(36)30-14-13-28(11-7-6-8-12-28)32-22(26(38)39-5)17-41-27(2,3)4/h18,21-23,32H,6-17,19H2,1-5H3,(H,29,34)(H,30,36)(H,31,37). The first-order valence-electron chi connectivity index (χ1n) is 14.5. The van der Waals surface area contributed by atoms with Crippen LogP contribution in [0.15, 0.2) is 0 Å². The van der Waals surface area contributed by atoms with Crippen molar-refractivity contribution in [1.82, 2.24) is 26.2 Å². The van der Waals surface area contributed by atoms with Gasteiger partial charge in [0.1, 0.15) is 18.1 Å². The van der Waals surface area contributed by atoms with Gasteiger partial charge in [-0.2, -0.15) is 11.8 Å². The van der Waals surface area contributed by atoms with Crippen molar-refractivity contribution in [2.75, 3.05) is 37.6 Å². The van der Waals surface area contributed by atoms with E-state index in [2.05, 4.69) is 42.0 Å². The fourth-order valence-corrected chi connectivity index (χ4v) is 7.05. The molecule has 11 nitrogen and oxygen atoms in total. The molecule has 0 aromatic rings. The minimum atomic E-state index is -0.823. The number of ether oxygens (including phenoxy) is 1. The summed E-state index contributed by atoms with van der Waals surface area (Å²) in [6.45, 7) is 8.69. The fraction of sp³-hybridized carbons (Fsp3) is 0.821. The molecule has 3 atom stereocenters. The average molecular weight is 616 g/mol. The van der Waals surface area contributed by atoms with E-state index in [1.807, 2.05) is 0 Å². The maximum atomic E-state index is 13.3. The number of carbonyl (C=O) groups excluding carboxylic acids is 5. The summed E-state index contributed by atoms with van der Waals surface area (Å²) in [7, 11) is 1.41. The van der Waals surface area contributed by atoms with Crippen LogP contribution in [0.25, 0.3) is 0 Å². The summed E-state index contributed by atoms with van der Waals surface area (Å²) in [5.74, 6) is 0.0512. The van der Waals surface area contributed by atoms with Crippen molar-refractivity contribution >= 4 is 53.6 Å². The summed E-state index contributed by atoms with van der Waals surface area (Å²) in [5, 5.41) is 12.0. The van der Waals surface area contributed by atoms with E-state index in [-0.39, 0.29) is 39.7 Å². The Kier molecular flexibility index (Phi) is 14.8. The van der Waals surface area contributed by atoms with Crippen LogP contribution >= 0.6 is 23.5 Å². The maximum Gasteiger partial charge on any atom is 0.323 e. The molecule has 0 aromatic carbocycles. The molecule has 1 aliphatic carbocycles. The number of likely N-dealkylation sites (tertiary alicyclic amines) is 1. The van der Waals surface area contributed by atoms with Gasteiger partial charge in [-0.1, -0.05) is 40.0 Å². The molecule has 0 aromatic heterocycles. The highest BCUT2D eigenvalue weighted by Gasteiger charge is 2.38. The smallest absolute Gasteiger partial charge is 0.323 e. The summed E-state index contributed by atoms with van der Waals surface area (Å²) in [6, 6.07) is -1.86. The van der Waals surface area contributed by atoms with Gasteiger partial charge in [0.25, 0.3) is 0 Å². The minimum absolute atomic E-state index is 0.000297. The number of hydrogen-bond donors (Lipinski definition) is 4. The van der Waals surface area contributed by atoms with Gasteiger partial charge < -0.3 is 25.6 Å². The average Bonchev–Trinajstić information content (AvgIpc) is 3.43. The Labute approximate surface area is 253 Å². The third-order valence-electron chi connectivity index (χ3n) is 7.51. The van der Waals surface area contributed by atoms with Crippen LogP contribution in [0.3, 0.4) is 0 Å². The van der Waals surface area contributed by atoms with Crippen LogP contribution in [0.1, 0.15) is 79.1 Å². The molecule has 4 N–H and O–H groups in total. The summed E-state index contributed by atoms with van der Waals surface area (Å²) >= 11 is 3.03. The van der Waals surface area contributed by atoms with Crippen molar-refractivity contribution in [3.63, 3.8) is 0 Å². The van der Waals surface area contributed by atoms with Crippen LogP contribution in [-0.4, -0.2) is 101 Å². The molecule has 13 heteroatoms. The van der Waals surface area contributed by atoms with Gasteiger partial charge in [0.05, 0.1) is 13.0 Å². The molecule has 1 heterocycles. The Morgan fingerprint density at radius 3 is 2.39 bits per heavy atom. The Balaban J connectivity index is 2.06. The highest BCUT2D eigenvalue weighted by molar-refractivity contribution is 8.00. The number of amides is 4. The van der Waals surface area contributed by atoms with Gasteiger partial charge in [0.2, 0.25) is 24.1 Å². The minimum Gasteiger partial charge on any atom is -0.468 e. The van der Waals surface area contributed by atoms with E-state index in [0.717, 1.165) is 38.5 Å². The first-order chi connectivity index (χ1) is 19.4. The van der Waals surface area contributed by atoms with Crippen LogP contribution in [0.4, 0.5) is 0 Å². The highest BCUT2D eigenvalue weighted by atomic mass is 32.2. The van der Waals surface area contributed by atoms with Gasteiger partial charge >= 0.3 is 5.97 Å². The van der Waals surface area contributed by atoms with Crippen LogP contribution in [-0.2, 0) is 28.7 Å². The van der Waals surface area contributed by atoms with Gasteiger partial charge in [-0.15, -0.1) is 11.8 Å². The number of esters is 1. The second-order valence-corrected chi connectivity index (χ2v) is 14.7. The van der Waals surface area contributed by atoms with Gasteiger partial charge in [-0.05, 0) is 32.1 Å². The normalized spacial score (nSPS) is 20.0. The Hall–Kier alpha value is -1.99. The molecule has 234 valence electrons. The molecule has 1 aliphatic heterocycles. The van der Waals surface area contributed by atoms with Crippen LogP contribution in [0, 0.1) is 0 Å². The van der Waals surface area contributed by atoms with Crippen molar-refractivity contribution in [1.29, 1.82) is 0 Å².